The minimum absolute atomic E-state index is 0.0850. The van der Waals surface area contributed by atoms with Gasteiger partial charge >= 0.3 is 0 Å². The molecule has 0 spiro atoms. The van der Waals surface area contributed by atoms with Crippen LogP contribution in [0.1, 0.15) is 18.4 Å². The number of ether oxygens (including phenoxy) is 1. The highest BCUT2D eigenvalue weighted by atomic mass is 79.9. The van der Waals surface area contributed by atoms with Crippen LogP contribution in [0.15, 0.2) is 22.7 Å². The first-order valence-corrected chi connectivity index (χ1v) is 6.83. The topological polar surface area (TPSA) is 62.3 Å². The fourth-order valence-electron chi connectivity index (χ4n) is 2.28. The van der Waals surface area contributed by atoms with Crippen LogP contribution in [-0.2, 0) is 4.74 Å². The number of anilines is 1. The average Bonchev–Trinajstić information content (AvgIpc) is 2.38. The number of nitrogens with zero attached hydrogens (tertiary/aromatic N) is 1. The van der Waals surface area contributed by atoms with E-state index >= 15 is 0 Å². The Hall–Kier alpha value is -1.07. The Morgan fingerprint density at radius 2 is 2.33 bits per heavy atom. The van der Waals surface area contributed by atoms with Gasteiger partial charge in [0.1, 0.15) is 5.84 Å². The Morgan fingerprint density at radius 3 is 2.94 bits per heavy atom. The van der Waals surface area contributed by atoms with Gasteiger partial charge in [-0.15, -0.1) is 0 Å². The fourth-order valence-corrected chi connectivity index (χ4v) is 2.86. The van der Waals surface area contributed by atoms with Crippen molar-refractivity contribution < 1.29 is 4.74 Å². The third-order valence-electron chi connectivity index (χ3n) is 3.32. The van der Waals surface area contributed by atoms with E-state index in [9.17, 15) is 0 Å². The summed E-state index contributed by atoms with van der Waals surface area (Å²) < 4.78 is 6.30. The van der Waals surface area contributed by atoms with Gasteiger partial charge in [0.25, 0.3) is 0 Å². The zero-order valence-corrected chi connectivity index (χ0v) is 12.0. The summed E-state index contributed by atoms with van der Waals surface area (Å²) >= 11 is 3.47. The molecular weight excluding hydrogens is 294 g/mol. The summed E-state index contributed by atoms with van der Waals surface area (Å²) in [6.07, 6.45) is 2.58. The molecule has 4 nitrogen and oxygen atoms in total. The van der Waals surface area contributed by atoms with E-state index in [4.69, 9.17) is 15.9 Å². The van der Waals surface area contributed by atoms with Crippen LogP contribution in [0.4, 0.5) is 5.69 Å². The molecule has 1 aliphatic heterocycles. The van der Waals surface area contributed by atoms with Crippen LogP contribution in [0.2, 0.25) is 0 Å². The number of halogens is 1. The van der Waals surface area contributed by atoms with Crippen molar-refractivity contribution in [2.75, 3.05) is 25.1 Å². The van der Waals surface area contributed by atoms with E-state index in [0.29, 0.717) is 6.10 Å². The highest BCUT2D eigenvalue weighted by Gasteiger charge is 2.20. The van der Waals surface area contributed by atoms with Gasteiger partial charge in [-0.2, -0.15) is 0 Å². The monoisotopic (exact) mass is 311 g/mol. The normalized spacial score (nSPS) is 19.9. The SMILES string of the molecule is COC1CCCN(c2ccc(C(=N)N)c(Br)c2)C1. The van der Waals surface area contributed by atoms with Gasteiger partial charge in [-0.25, -0.2) is 0 Å². The van der Waals surface area contributed by atoms with Crippen LogP contribution in [-0.4, -0.2) is 32.1 Å². The molecule has 98 valence electrons. The van der Waals surface area contributed by atoms with E-state index in [-0.39, 0.29) is 5.84 Å². The third kappa shape index (κ3) is 2.84. The first kappa shape index (κ1) is 13.4. The minimum Gasteiger partial charge on any atom is -0.384 e. The molecule has 18 heavy (non-hydrogen) atoms. The molecule has 1 unspecified atom stereocenters. The lowest BCUT2D eigenvalue weighted by Gasteiger charge is -2.33. The molecule has 0 saturated carbocycles. The number of nitrogens with one attached hydrogen (secondary N) is 1. The molecular formula is C13H18BrN3O. The molecule has 1 fully saturated rings. The molecule has 0 aliphatic carbocycles. The maximum Gasteiger partial charge on any atom is 0.123 e. The Bertz CT molecular complexity index is 450. The predicted molar refractivity (Wildman–Crippen MR) is 77.4 cm³/mol. The van der Waals surface area contributed by atoms with Crippen LogP contribution in [0.3, 0.4) is 0 Å². The number of benzene rings is 1. The fraction of sp³-hybridized carbons (Fsp3) is 0.462. The molecule has 0 amide bonds. The van der Waals surface area contributed by atoms with Gasteiger partial charge in [0.05, 0.1) is 6.10 Å². The molecule has 1 saturated heterocycles. The number of piperidine rings is 1. The lowest BCUT2D eigenvalue weighted by molar-refractivity contribution is 0.0893. The van der Waals surface area contributed by atoms with Crippen LogP contribution in [0.5, 0.6) is 0 Å². The molecule has 1 atom stereocenters. The smallest absolute Gasteiger partial charge is 0.123 e. The molecule has 1 heterocycles. The van der Waals surface area contributed by atoms with Crippen molar-refractivity contribution in [1.82, 2.24) is 0 Å². The Kier molecular flexibility index (Phi) is 4.24. The number of methoxy groups -OCH3 is 1. The number of nitrogen functional groups attached to an aromatic ring is 1. The highest BCUT2D eigenvalue weighted by Crippen LogP contribution is 2.26. The number of nitrogens with two attached hydrogens (primary N) is 1. The Balaban J connectivity index is 2.18. The van der Waals surface area contributed by atoms with Gasteiger partial charge in [0.15, 0.2) is 0 Å². The molecule has 3 N–H and O–H groups in total. The van der Waals surface area contributed by atoms with Gasteiger partial charge in [-0.05, 0) is 47.0 Å². The summed E-state index contributed by atoms with van der Waals surface area (Å²) in [7, 11) is 1.77. The number of hydrogen-bond acceptors (Lipinski definition) is 3. The summed E-state index contributed by atoms with van der Waals surface area (Å²) in [5, 5.41) is 7.47. The van der Waals surface area contributed by atoms with Gasteiger partial charge in [0, 0.05) is 35.9 Å². The van der Waals surface area contributed by atoms with Crippen molar-refractivity contribution in [1.29, 1.82) is 5.41 Å². The molecule has 0 radical (unpaired) electrons. The molecule has 0 bridgehead atoms. The molecule has 2 rings (SSSR count). The Labute approximate surface area is 116 Å². The third-order valence-corrected chi connectivity index (χ3v) is 3.98. The molecule has 0 aromatic heterocycles. The quantitative estimate of drug-likeness (QED) is 0.665. The lowest BCUT2D eigenvalue weighted by Crippen LogP contribution is -2.39. The average molecular weight is 312 g/mol. The minimum atomic E-state index is 0.0850. The number of hydrogen-bond donors (Lipinski definition) is 2. The van der Waals surface area contributed by atoms with E-state index in [2.05, 4.69) is 20.8 Å². The number of amidine groups is 1. The second-order valence-corrected chi connectivity index (χ2v) is 5.38. The second-order valence-electron chi connectivity index (χ2n) is 4.52. The van der Waals surface area contributed by atoms with Crippen LogP contribution < -0.4 is 10.6 Å². The molecule has 5 heteroatoms. The zero-order valence-electron chi connectivity index (χ0n) is 10.4. The molecule has 1 aromatic carbocycles. The maximum atomic E-state index is 7.47. The predicted octanol–water partition coefficient (Wildman–Crippen LogP) is 2.35. The Morgan fingerprint density at radius 1 is 1.56 bits per heavy atom. The molecule has 1 aromatic rings. The molecule has 1 aliphatic rings. The lowest BCUT2D eigenvalue weighted by atomic mass is 10.1. The highest BCUT2D eigenvalue weighted by molar-refractivity contribution is 9.10. The first-order valence-electron chi connectivity index (χ1n) is 6.03. The van der Waals surface area contributed by atoms with Crippen molar-refractivity contribution in [3.63, 3.8) is 0 Å². The largest absolute Gasteiger partial charge is 0.384 e. The summed E-state index contributed by atoms with van der Waals surface area (Å²) in [4.78, 5) is 2.31. The first-order chi connectivity index (χ1) is 8.61. The van der Waals surface area contributed by atoms with Crippen molar-refractivity contribution >= 4 is 27.5 Å². The van der Waals surface area contributed by atoms with E-state index < -0.39 is 0 Å². The van der Waals surface area contributed by atoms with Crippen LogP contribution >= 0.6 is 15.9 Å². The zero-order chi connectivity index (χ0) is 13.1. The van der Waals surface area contributed by atoms with Gasteiger partial charge in [-0.1, -0.05) is 0 Å². The van der Waals surface area contributed by atoms with Gasteiger partial charge in [-0.3, -0.25) is 5.41 Å². The van der Waals surface area contributed by atoms with Gasteiger partial charge < -0.3 is 15.4 Å². The standard InChI is InChI=1S/C13H18BrN3O/c1-18-10-3-2-6-17(8-10)9-4-5-11(13(15)16)12(14)7-9/h4-5,7,10H,2-3,6,8H2,1H3,(H3,15,16). The summed E-state index contributed by atoms with van der Waals surface area (Å²) in [5.41, 5.74) is 7.39. The summed E-state index contributed by atoms with van der Waals surface area (Å²) in [5.74, 6) is 0.0850. The number of rotatable bonds is 3. The van der Waals surface area contributed by atoms with Crippen molar-refractivity contribution in [2.45, 2.75) is 18.9 Å². The van der Waals surface area contributed by atoms with E-state index in [0.717, 1.165) is 41.7 Å². The second kappa shape index (κ2) is 5.71. The maximum absolute atomic E-state index is 7.47. The van der Waals surface area contributed by atoms with E-state index in [1.165, 1.54) is 0 Å². The van der Waals surface area contributed by atoms with Crippen LogP contribution in [0.25, 0.3) is 0 Å². The summed E-state index contributed by atoms with van der Waals surface area (Å²) in [6.45, 7) is 1.97. The van der Waals surface area contributed by atoms with Gasteiger partial charge in [0.2, 0.25) is 0 Å². The van der Waals surface area contributed by atoms with Crippen LogP contribution in [0, 0.1) is 5.41 Å². The van der Waals surface area contributed by atoms with Crippen molar-refractivity contribution in [3.05, 3.63) is 28.2 Å². The van der Waals surface area contributed by atoms with Crippen molar-refractivity contribution in [2.24, 2.45) is 5.73 Å². The van der Waals surface area contributed by atoms with E-state index in [1.54, 1.807) is 7.11 Å². The summed E-state index contributed by atoms with van der Waals surface area (Å²) in [6, 6.07) is 5.92. The van der Waals surface area contributed by atoms with Crippen molar-refractivity contribution in [3.8, 4) is 0 Å². The van der Waals surface area contributed by atoms with E-state index in [1.807, 2.05) is 18.2 Å².